The van der Waals surface area contributed by atoms with Crippen molar-refractivity contribution in [3.05, 3.63) is 40.7 Å². The molecule has 1 aromatic carbocycles. The normalized spacial score (nSPS) is 15.1. The first kappa shape index (κ1) is 10.9. The van der Waals surface area contributed by atoms with E-state index in [1.165, 1.54) is 23.3 Å². The molecule has 3 rings (SSSR count). The Morgan fingerprint density at radius 2 is 2.06 bits per heavy atom. The molecule has 0 bridgehead atoms. The Morgan fingerprint density at radius 3 is 2.82 bits per heavy atom. The molecule has 17 heavy (non-hydrogen) atoms. The molecule has 1 aliphatic carbocycles. The first-order valence-electron chi connectivity index (χ1n) is 6.14. The third-order valence-corrected chi connectivity index (χ3v) is 3.94. The zero-order valence-electron chi connectivity index (χ0n) is 9.73. The molecular weight excluding hydrogens is 228 g/mol. The molecule has 0 atom stereocenters. The Kier molecular flexibility index (Phi) is 3.20. The van der Waals surface area contributed by atoms with Crippen molar-refractivity contribution < 1.29 is 0 Å². The van der Waals surface area contributed by atoms with Gasteiger partial charge in [-0.3, -0.25) is 0 Å². The zero-order chi connectivity index (χ0) is 11.5. The highest BCUT2D eigenvalue weighted by Crippen LogP contribution is 2.25. The van der Waals surface area contributed by atoms with Gasteiger partial charge in [0, 0.05) is 23.0 Å². The van der Waals surface area contributed by atoms with Crippen molar-refractivity contribution in [1.29, 1.82) is 0 Å². The lowest BCUT2D eigenvalue weighted by atomic mass is 10.1. The molecule has 0 saturated heterocycles. The fourth-order valence-corrected chi connectivity index (χ4v) is 2.74. The molecule has 2 nitrogen and oxygen atoms in total. The second kappa shape index (κ2) is 4.98. The van der Waals surface area contributed by atoms with Crippen molar-refractivity contribution in [3.8, 4) is 11.3 Å². The average Bonchev–Trinajstić information content (AvgIpc) is 3.07. The minimum atomic E-state index is 0.795. The highest BCUT2D eigenvalue weighted by molar-refractivity contribution is 7.10. The van der Waals surface area contributed by atoms with Crippen molar-refractivity contribution in [2.45, 2.75) is 25.3 Å². The summed E-state index contributed by atoms with van der Waals surface area (Å²) < 4.78 is 0. The van der Waals surface area contributed by atoms with Gasteiger partial charge < -0.3 is 5.32 Å². The lowest BCUT2D eigenvalue weighted by molar-refractivity contribution is 0.685. The molecule has 0 radical (unpaired) electrons. The number of benzene rings is 1. The van der Waals surface area contributed by atoms with Gasteiger partial charge in [-0.2, -0.15) is 0 Å². The fourth-order valence-electron chi connectivity index (χ4n) is 1.96. The Hall–Kier alpha value is -1.19. The molecule has 1 fully saturated rings. The molecule has 1 aliphatic rings. The summed E-state index contributed by atoms with van der Waals surface area (Å²) in [4.78, 5) is 5.88. The number of hydrogen-bond acceptors (Lipinski definition) is 3. The van der Waals surface area contributed by atoms with Gasteiger partial charge in [-0.15, -0.1) is 11.3 Å². The summed E-state index contributed by atoms with van der Waals surface area (Å²) in [5, 5.41) is 3.55. The first-order chi connectivity index (χ1) is 8.43. The van der Waals surface area contributed by atoms with Crippen LogP contribution >= 0.6 is 11.3 Å². The molecule has 0 aliphatic heterocycles. The molecule has 2 aromatic rings. The van der Waals surface area contributed by atoms with Crippen LogP contribution in [-0.2, 0) is 6.42 Å². The number of nitrogens with one attached hydrogen (secondary N) is 1. The van der Waals surface area contributed by atoms with Gasteiger partial charge in [0.25, 0.3) is 0 Å². The van der Waals surface area contributed by atoms with Crippen LogP contribution in [-0.4, -0.2) is 17.6 Å². The smallest absolute Gasteiger partial charge is 0.0843 e. The van der Waals surface area contributed by atoms with E-state index in [9.17, 15) is 0 Å². The molecule has 1 N–H and O–H groups in total. The quantitative estimate of drug-likeness (QED) is 0.874. The molecule has 0 amide bonds. The van der Waals surface area contributed by atoms with Crippen LogP contribution in [0.25, 0.3) is 11.3 Å². The fraction of sp³-hybridized carbons (Fsp3) is 0.357. The summed E-state index contributed by atoms with van der Waals surface area (Å²) in [6.45, 7) is 1.08. The van der Waals surface area contributed by atoms with E-state index < -0.39 is 0 Å². The van der Waals surface area contributed by atoms with Crippen LogP contribution in [0.4, 0.5) is 0 Å². The van der Waals surface area contributed by atoms with Crippen LogP contribution in [0.5, 0.6) is 0 Å². The van der Waals surface area contributed by atoms with E-state index in [1.807, 2.05) is 11.6 Å². The maximum absolute atomic E-state index is 4.49. The number of rotatable bonds is 5. The van der Waals surface area contributed by atoms with Gasteiger partial charge in [0.1, 0.15) is 0 Å². The van der Waals surface area contributed by atoms with Gasteiger partial charge >= 0.3 is 0 Å². The van der Waals surface area contributed by atoms with Crippen LogP contribution < -0.4 is 5.32 Å². The average molecular weight is 244 g/mol. The maximum Gasteiger partial charge on any atom is 0.0843 e. The summed E-state index contributed by atoms with van der Waals surface area (Å²) in [7, 11) is 0. The minimum absolute atomic E-state index is 0.795. The predicted molar refractivity (Wildman–Crippen MR) is 72.3 cm³/mol. The van der Waals surface area contributed by atoms with E-state index >= 15 is 0 Å². The minimum Gasteiger partial charge on any atom is -0.314 e. The Balaban J connectivity index is 1.70. The van der Waals surface area contributed by atoms with Crippen LogP contribution in [0.15, 0.2) is 35.8 Å². The van der Waals surface area contributed by atoms with Gasteiger partial charge in [0.05, 0.1) is 11.2 Å². The van der Waals surface area contributed by atoms with Gasteiger partial charge in [-0.05, 0) is 19.3 Å². The second-order valence-corrected chi connectivity index (χ2v) is 5.41. The van der Waals surface area contributed by atoms with Crippen molar-refractivity contribution >= 4 is 11.3 Å². The van der Waals surface area contributed by atoms with Crippen molar-refractivity contribution in [3.63, 3.8) is 0 Å². The van der Waals surface area contributed by atoms with Crippen LogP contribution in [0.1, 0.15) is 17.7 Å². The van der Waals surface area contributed by atoms with E-state index in [-0.39, 0.29) is 0 Å². The van der Waals surface area contributed by atoms with Crippen LogP contribution in [0.3, 0.4) is 0 Å². The number of thiazole rings is 1. The standard InChI is InChI=1S/C14H16N2S/c1-2-4-11(5-3-1)14-13(17-10-16-14)8-9-15-12-6-7-12/h1-5,10,12,15H,6-9H2. The number of aromatic nitrogens is 1. The summed E-state index contributed by atoms with van der Waals surface area (Å²) in [6, 6.07) is 11.2. The van der Waals surface area contributed by atoms with Crippen LogP contribution in [0.2, 0.25) is 0 Å². The van der Waals surface area contributed by atoms with Crippen molar-refractivity contribution in [1.82, 2.24) is 10.3 Å². The summed E-state index contributed by atoms with van der Waals surface area (Å²) in [5.41, 5.74) is 4.35. The van der Waals surface area contributed by atoms with E-state index in [0.29, 0.717) is 0 Å². The first-order valence-corrected chi connectivity index (χ1v) is 7.02. The topological polar surface area (TPSA) is 24.9 Å². The summed E-state index contributed by atoms with van der Waals surface area (Å²) >= 11 is 1.77. The molecule has 1 aromatic heterocycles. The highest BCUT2D eigenvalue weighted by Gasteiger charge is 2.20. The van der Waals surface area contributed by atoms with Gasteiger partial charge in [0.15, 0.2) is 0 Å². The molecule has 1 heterocycles. The SMILES string of the molecule is c1ccc(-c2ncsc2CCNC2CC2)cc1. The Morgan fingerprint density at radius 1 is 1.24 bits per heavy atom. The van der Waals surface area contributed by atoms with Crippen LogP contribution in [0, 0.1) is 0 Å². The lowest BCUT2D eigenvalue weighted by Crippen LogP contribution is -2.19. The van der Waals surface area contributed by atoms with Gasteiger partial charge in [-0.25, -0.2) is 4.98 Å². The maximum atomic E-state index is 4.49. The van der Waals surface area contributed by atoms with Gasteiger partial charge in [0.2, 0.25) is 0 Å². The monoisotopic (exact) mass is 244 g/mol. The van der Waals surface area contributed by atoms with E-state index in [4.69, 9.17) is 0 Å². The van der Waals surface area contributed by atoms with E-state index in [1.54, 1.807) is 11.3 Å². The Bertz CT molecular complexity index is 474. The predicted octanol–water partition coefficient (Wildman–Crippen LogP) is 3.10. The van der Waals surface area contributed by atoms with Gasteiger partial charge in [-0.1, -0.05) is 30.3 Å². The molecule has 3 heteroatoms. The van der Waals surface area contributed by atoms with E-state index in [2.05, 4.69) is 34.6 Å². The largest absolute Gasteiger partial charge is 0.314 e. The zero-order valence-corrected chi connectivity index (χ0v) is 10.5. The summed E-state index contributed by atoms with van der Waals surface area (Å²) in [5.74, 6) is 0. The molecule has 0 unspecified atom stereocenters. The third-order valence-electron chi connectivity index (χ3n) is 3.05. The van der Waals surface area contributed by atoms with Crippen molar-refractivity contribution in [2.24, 2.45) is 0 Å². The molecule has 88 valence electrons. The second-order valence-electron chi connectivity index (χ2n) is 4.47. The van der Waals surface area contributed by atoms with Crippen molar-refractivity contribution in [2.75, 3.05) is 6.54 Å². The summed E-state index contributed by atoms with van der Waals surface area (Å²) in [6.07, 6.45) is 3.80. The number of hydrogen-bond donors (Lipinski definition) is 1. The molecular formula is C14H16N2S. The Labute approximate surface area is 106 Å². The molecule has 0 spiro atoms. The lowest BCUT2D eigenvalue weighted by Gasteiger charge is -2.03. The number of nitrogens with zero attached hydrogens (tertiary/aromatic N) is 1. The third kappa shape index (κ3) is 2.73. The highest BCUT2D eigenvalue weighted by atomic mass is 32.1. The van der Waals surface area contributed by atoms with E-state index in [0.717, 1.165) is 24.7 Å². The molecule has 1 saturated carbocycles.